The Hall–Kier alpha value is -1.66. The molecule has 0 aliphatic carbocycles. The van der Waals surface area contributed by atoms with E-state index in [1.807, 2.05) is 6.92 Å². The van der Waals surface area contributed by atoms with Gasteiger partial charge in [-0.2, -0.15) is 0 Å². The van der Waals surface area contributed by atoms with Gasteiger partial charge in [0.1, 0.15) is 0 Å². The van der Waals surface area contributed by atoms with Crippen LogP contribution in [0.25, 0.3) is 6.08 Å². The van der Waals surface area contributed by atoms with Crippen LogP contribution in [0.3, 0.4) is 0 Å². The number of amides is 1. The van der Waals surface area contributed by atoms with E-state index in [9.17, 15) is 13.2 Å². The first kappa shape index (κ1) is 20.4. The molecule has 0 heterocycles. The molecule has 1 atom stereocenters. The summed E-state index contributed by atoms with van der Waals surface area (Å²) in [7, 11) is -2.06. The lowest BCUT2D eigenvalue weighted by atomic mass is 10.0. The van der Waals surface area contributed by atoms with E-state index >= 15 is 0 Å². The molecular formula is C18H28N2O3S. The van der Waals surface area contributed by atoms with Crippen molar-refractivity contribution in [2.75, 3.05) is 7.05 Å². The van der Waals surface area contributed by atoms with Crippen LogP contribution in [0, 0.1) is 5.92 Å². The van der Waals surface area contributed by atoms with E-state index in [1.165, 1.54) is 25.3 Å². The zero-order valence-electron chi connectivity index (χ0n) is 14.9. The molecule has 0 saturated heterocycles. The van der Waals surface area contributed by atoms with E-state index in [1.54, 1.807) is 18.2 Å². The lowest BCUT2D eigenvalue weighted by molar-refractivity contribution is -0.117. The Morgan fingerprint density at radius 3 is 2.29 bits per heavy atom. The maximum Gasteiger partial charge on any atom is 0.244 e. The summed E-state index contributed by atoms with van der Waals surface area (Å²) in [5.74, 6) is 0.543. The maximum atomic E-state index is 11.9. The monoisotopic (exact) mass is 352 g/mol. The highest BCUT2D eigenvalue weighted by molar-refractivity contribution is 7.89. The van der Waals surface area contributed by atoms with Crippen LogP contribution in [0.15, 0.2) is 35.2 Å². The molecule has 1 aromatic rings. The van der Waals surface area contributed by atoms with Gasteiger partial charge in [-0.3, -0.25) is 4.79 Å². The summed E-state index contributed by atoms with van der Waals surface area (Å²) in [5, 5.41) is 2.94. The molecule has 0 radical (unpaired) electrons. The number of hydrogen-bond donors (Lipinski definition) is 2. The third-order valence-corrected chi connectivity index (χ3v) is 5.12. The lowest BCUT2D eigenvalue weighted by Crippen LogP contribution is -2.31. The van der Waals surface area contributed by atoms with Crippen molar-refractivity contribution in [2.24, 2.45) is 5.92 Å². The summed E-state index contributed by atoms with van der Waals surface area (Å²) >= 11 is 0. The first-order valence-corrected chi connectivity index (χ1v) is 9.75. The molecule has 0 aliphatic heterocycles. The molecule has 1 rings (SSSR count). The number of benzene rings is 1. The lowest BCUT2D eigenvalue weighted by Gasteiger charge is -2.13. The second-order valence-electron chi connectivity index (χ2n) is 6.34. The fourth-order valence-corrected chi connectivity index (χ4v) is 2.97. The predicted octanol–water partition coefficient (Wildman–Crippen LogP) is 2.94. The molecular weight excluding hydrogens is 324 g/mol. The SMILES string of the molecule is CNS(=O)(=O)c1ccc(/C=C/C(=O)NC(C)CCCC(C)C)cc1. The number of sulfonamides is 1. The number of nitrogens with one attached hydrogen (secondary N) is 2. The third-order valence-electron chi connectivity index (χ3n) is 3.69. The first-order valence-electron chi connectivity index (χ1n) is 8.26. The number of carbonyl (C=O) groups excluding carboxylic acids is 1. The first-order chi connectivity index (χ1) is 11.2. The quantitative estimate of drug-likeness (QED) is 0.671. The number of rotatable bonds is 9. The van der Waals surface area contributed by atoms with Gasteiger partial charge in [0, 0.05) is 12.1 Å². The van der Waals surface area contributed by atoms with Crippen LogP contribution >= 0.6 is 0 Å². The molecule has 134 valence electrons. The van der Waals surface area contributed by atoms with Crippen LogP contribution in [-0.4, -0.2) is 27.4 Å². The third kappa shape index (κ3) is 7.27. The van der Waals surface area contributed by atoms with Crippen LogP contribution in [0.4, 0.5) is 0 Å². The van der Waals surface area contributed by atoms with E-state index < -0.39 is 10.0 Å². The van der Waals surface area contributed by atoms with Gasteiger partial charge in [0.2, 0.25) is 15.9 Å². The fraction of sp³-hybridized carbons (Fsp3) is 0.500. The minimum Gasteiger partial charge on any atom is -0.350 e. The molecule has 0 aliphatic rings. The van der Waals surface area contributed by atoms with Crippen LogP contribution in [0.2, 0.25) is 0 Å². The standard InChI is InChI=1S/C18H28N2O3S/c1-14(2)6-5-7-15(3)20-18(21)13-10-16-8-11-17(12-9-16)24(22,23)19-4/h8-15,19H,5-7H2,1-4H3,(H,20,21)/b13-10+. The molecule has 1 unspecified atom stereocenters. The Morgan fingerprint density at radius 1 is 1.12 bits per heavy atom. The Kier molecular flexibility index (Phi) is 8.15. The van der Waals surface area contributed by atoms with Crippen LogP contribution in [-0.2, 0) is 14.8 Å². The molecule has 1 amide bonds. The summed E-state index contributed by atoms with van der Waals surface area (Å²) in [6.45, 7) is 6.39. The summed E-state index contributed by atoms with van der Waals surface area (Å²) in [4.78, 5) is 12.1. The molecule has 5 nitrogen and oxygen atoms in total. The predicted molar refractivity (Wildman–Crippen MR) is 98.0 cm³/mol. The van der Waals surface area contributed by atoms with Gasteiger partial charge in [-0.25, -0.2) is 13.1 Å². The number of carbonyl (C=O) groups is 1. The highest BCUT2D eigenvalue weighted by Gasteiger charge is 2.10. The Balaban J connectivity index is 2.52. The second kappa shape index (κ2) is 9.59. The highest BCUT2D eigenvalue weighted by Crippen LogP contribution is 2.11. The molecule has 24 heavy (non-hydrogen) atoms. The minimum atomic E-state index is -3.43. The van der Waals surface area contributed by atoms with E-state index in [2.05, 4.69) is 23.9 Å². The van der Waals surface area contributed by atoms with E-state index in [0.29, 0.717) is 5.92 Å². The molecule has 2 N–H and O–H groups in total. The zero-order chi connectivity index (χ0) is 18.2. The Bertz CT molecular complexity index is 649. The van der Waals surface area contributed by atoms with Crippen molar-refractivity contribution in [1.29, 1.82) is 0 Å². The van der Waals surface area contributed by atoms with Crippen molar-refractivity contribution in [3.63, 3.8) is 0 Å². The normalized spacial score (nSPS) is 13.4. The molecule has 6 heteroatoms. The summed E-state index contributed by atoms with van der Waals surface area (Å²) in [5.41, 5.74) is 0.771. The molecule has 0 aromatic heterocycles. The average molecular weight is 353 g/mol. The van der Waals surface area contributed by atoms with Gasteiger partial charge >= 0.3 is 0 Å². The van der Waals surface area contributed by atoms with Crippen molar-refractivity contribution >= 4 is 22.0 Å². The Morgan fingerprint density at radius 2 is 1.75 bits per heavy atom. The van der Waals surface area contributed by atoms with Crippen LogP contribution < -0.4 is 10.0 Å². The van der Waals surface area contributed by atoms with Gasteiger partial charge in [-0.05, 0) is 50.1 Å². The summed E-state index contributed by atoms with van der Waals surface area (Å²) in [6, 6.07) is 6.50. The van der Waals surface area contributed by atoms with E-state index in [4.69, 9.17) is 0 Å². The average Bonchev–Trinajstić information content (AvgIpc) is 2.53. The highest BCUT2D eigenvalue weighted by atomic mass is 32.2. The van der Waals surface area contributed by atoms with Gasteiger partial charge in [0.25, 0.3) is 0 Å². The van der Waals surface area contributed by atoms with Gasteiger partial charge < -0.3 is 5.32 Å². The molecule has 0 fully saturated rings. The fourth-order valence-electron chi connectivity index (χ4n) is 2.24. The minimum absolute atomic E-state index is 0.140. The second-order valence-corrected chi connectivity index (χ2v) is 8.23. The maximum absolute atomic E-state index is 11.9. The van der Waals surface area contributed by atoms with Gasteiger partial charge in [0.05, 0.1) is 4.90 Å². The zero-order valence-corrected chi connectivity index (χ0v) is 15.7. The number of hydrogen-bond acceptors (Lipinski definition) is 3. The van der Waals surface area contributed by atoms with Crippen molar-refractivity contribution in [3.05, 3.63) is 35.9 Å². The van der Waals surface area contributed by atoms with Crippen molar-refractivity contribution in [1.82, 2.24) is 10.0 Å². The van der Waals surface area contributed by atoms with Crippen LogP contribution in [0.5, 0.6) is 0 Å². The van der Waals surface area contributed by atoms with Crippen molar-refractivity contribution in [2.45, 2.75) is 51.0 Å². The van der Waals surface area contributed by atoms with Crippen molar-refractivity contribution < 1.29 is 13.2 Å². The molecule has 1 aromatic carbocycles. The van der Waals surface area contributed by atoms with E-state index in [-0.39, 0.29) is 16.8 Å². The van der Waals surface area contributed by atoms with Crippen LogP contribution in [0.1, 0.15) is 45.6 Å². The Labute approximate surface area is 145 Å². The summed E-state index contributed by atoms with van der Waals surface area (Å²) < 4.78 is 25.5. The summed E-state index contributed by atoms with van der Waals surface area (Å²) in [6.07, 6.45) is 6.38. The smallest absolute Gasteiger partial charge is 0.244 e. The van der Waals surface area contributed by atoms with Gasteiger partial charge in [-0.1, -0.05) is 38.8 Å². The molecule has 0 bridgehead atoms. The van der Waals surface area contributed by atoms with Gasteiger partial charge in [0.15, 0.2) is 0 Å². The largest absolute Gasteiger partial charge is 0.350 e. The topological polar surface area (TPSA) is 75.3 Å². The van der Waals surface area contributed by atoms with Crippen molar-refractivity contribution in [3.8, 4) is 0 Å². The molecule has 0 spiro atoms. The van der Waals surface area contributed by atoms with E-state index in [0.717, 1.165) is 24.8 Å². The molecule has 0 saturated carbocycles. The van der Waals surface area contributed by atoms with Gasteiger partial charge in [-0.15, -0.1) is 0 Å².